The summed E-state index contributed by atoms with van der Waals surface area (Å²) >= 11 is 0. The highest BCUT2D eigenvalue weighted by Gasteiger charge is 2.06. The monoisotopic (exact) mass is 270 g/mol. The van der Waals surface area contributed by atoms with Gasteiger partial charge in [0.25, 0.3) is 0 Å². The molecule has 0 fully saturated rings. The van der Waals surface area contributed by atoms with Crippen LogP contribution in [-0.4, -0.2) is 6.61 Å². The van der Waals surface area contributed by atoms with Crippen LogP contribution in [0.5, 0.6) is 5.75 Å². The summed E-state index contributed by atoms with van der Waals surface area (Å²) < 4.78 is 5.73. The second-order valence-electron chi connectivity index (χ2n) is 5.37. The first-order valence-corrected chi connectivity index (χ1v) is 8.00. The van der Waals surface area contributed by atoms with E-state index in [1.807, 2.05) is 6.92 Å². The van der Waals surface area contributed by atoms with Crippen LogP contribution < -0.4 is 4.74 Å². The fraction of sp³-hybridized carbons (Fsp3) is 0.474. The van der Waals surface area contributed by atoms with Crippen molar-refractivity contribution in [3.8, 4) is 5.75 Å². The third-order valence-electron chi connectivity index (χ3n) is 3.82. The Kier molecular flexibility index (Phi) is 5.91. The van der Waals surface area contributed by atoms with Crippen LogP contribution >= 0.6 is 0 Å². The lowest BCUT2D eigenvalue weighted by molar-refractivity contribution is 0.344. The number of unbranched alkanes of at least 4 members (excludes halogenated alkanes) is 4. The Hall–Kier alpha value is -1.50. The summed E-state index contributed by atoms with van der Waals surface area (Å²) in [6, 6.07) is 13.0. The van der Waals surface area contributed by atoms with E-state index in [1.165, 1.54) is 54.9 Å². The lowest BCUT2D eigenvalue weighted by Gasteiger charge is -2.11. The Bertz CT molecular complexity index is 530. The summed E-state index contributed by atoms with van der Waals surface area (Å²) in [5.41, 5.74) is 1.46. The molecule has 0 heterocycles. The third-order valence-corrected chi connectivity index (χ3v) is 3.82. The quantitative estimate of drug-likeness (QED) is 0.555. The summed E-state index contributed by atoms with van der Waals surface area (Å²) in [7, 11) is 0. The average Bonchev–Trinajstić information content (AvgIpc) is 2.49. The van der Waals surface area contributed by atoms with E-state index < -0.39 is 0 Å². The van der Waals surface area contributed by atoms with Crippen molar-refractivity contribution in [3.05, 3.63) is 42.0 Å². The van der Waals surface area contributed by atoms with E-state index in [9.17, 15) is 0 Å². The highest BCUT2D eigenvalue weighted by molar-refractivity contribution is 5.91. The molecule has 1 nitrogen and oxygen atoms in total. The van der Waals surface area contributed by atoms with Crippen molar-refractivity contribution in [2.45, 2.75) is 52.4 Å². The van der Waals surface area contributed by atoms with Gasteiger partial charge in [0, 0.05) is 5.39 Å². The molecule has 0 bridgehead atoms. The molecule has 0 amide bonds. The van der Waals surface area contributed by atoms with Crippen molar-refractivity contribution >= 4 is 10.8 Å². The fourth-order valence-corrected chi connectivity index (χ4v) is 2.75. The van der Waals surface area contributed by atoms with Crippen molar-refractivity contribution in [1.82, 2.24) is 0 Å². The van der Waals surface area contributed by atoms with Gasteiger partial charge < -0.3 is 4.74 Å². The lowest BCUT2D eigenvalue weighted by atomic mass is 9.98. The van der Waals surface area contributed by atoms with Crippen LogP contribution in [0.25, 0.3) is 10.8 Å². The molecule has 20 heavy (non-hydrogen) atoms. The maximum absolute atomic E-state index is 5.73. The average molecular weight is 270 g/mol. The Balaban J connectivity index is 2.11. The molecule has 2 rings (SSSR count). The third kappa shape index (κ3) is 3.75. The Morgan fingerprint density at radius 1 is 0.800 bits per heavy atom. The molecule has 108 valence electrons. The first-order valence-electron chi connectivity index (χ1n) is 8.00. The van der Waals surface area contributed by atoms with Crippen molar-refractivity contribution in [1.29, 1.82) is 0 Å². The van der Waals surface area contributed by atoms with Gasteiger partial charge in [-0.05, 0) is 36.8 Å². The van der Waals surface area contributed by atoms with Crippen molar-refractivity contribution in [2.24, 2.45) is 0 Å². The van der Waals surface area contributed by atoms with Gasteiger partial charge in [-0.2, -0.15) is 0 Å². The molecular weight excluding hydrogens is 244 g/mol. The number of aryl methyl sites for hydroxylation is 1. The van der Waals surface area contributed by atoms with Gasteiger partial charge in [0.2, 0.25) is 0 Å². The Labute approximate surface area is 123 Å². The highest BCUT2D eigenvalue weighted by atomic mass is 16.5. The van der Waals surface area contributed by atoms with Crippen molar-refractivity contribution in [3.63, 3.8) is 0 Å². The molecular formula is C19H26O. The predicted octanol–water partition coefficient (Wildman–Crippen LogP) is 5.75. The molecule has 2 aromatic carbocycles. The number of rotatable bonds is 8. The van der Waals surface area contributed by atoms with Gasteiger partial charge in [-0.15, -0.1) is 0 Å². The zero-order valence-corrected chi connectivity index (χ0v) is 12.8. The van der Waals surface area contributed by atoms with E-state index >= 15 is 0 Å². The molecule has 0 radical (unpaired) electrons. The van der Waals surface area contributed by atoms with E-state index in [2.05, 4.69) is 43.3 Å². The van der Waals surface area contributed by atoms with E-state index in [-0.39, 0.29) is 0 Å². The van der Waals surface area contributed by atoms with Crippen LogP contribution in [0.2, 0.25) is 0 Å². The maximum Gasteiger partial charge on any atom is 0.127 e. The number of hydrogen-bond acceptors (Lipinski definition) is 1. The second kappa shape index (κ2) is 7.94. The van der Waals surface area contributed by atoms with Gasteiger partial charge in [0.15, 0.2) is 0 Å². The topological polar surface area (TPSA) is 9.23 Å². The van der Waals surface area contributed by atoms with Gasteiger partial charge >= 0.3 is 0 Å². The molecule has 0 spiro atoms. The zero-order valence-electron chi connectivity index (χ0n) is 12.8. The standard InChI is InChI=1S/C19H26O/c1-3-5-6-7-8-11-16-14-15-19(20-4-2)18-13-10-9-12-17(16)18/h9-10,12-15H,3-8,11H2,1-2H3. The molecule has 0 aliphatic carbocycles. The van der Waals surface area contributed by atoms with Crippen LogP contribution in [0, 0.1) is 0 Å². The summed E-state index contributed by atoms with van der Waals surface area (Å²) in [5.74, 6) is 1.01. The normalized spacial score (nSPS) is 10.9. The Morgan fingerprint density at radius 2 is 1.55 bits per heavy atom. The molecule has 2 aromatic rings. The van der Waals surface area contributed by atoms with Crippen LogP contribution in [-0.2, 0) is 6.42 Å². The lowest BCUT2D eigenvalue weighted by Crippen LogP contribution is -1.95. The molecule has 1 heteroatoms. The minimum Gasteiger partial charge on any atom is -0.493 e. The number of fused-ring (bicyclic) bond motifs is 1. The fourth-order valence-electron chi connectivity index (χ4n) is 2.75. The first-order chi connectivity index (χ1) is 9.86. The molecule has 0 saturated heterocycles. The second-order valence-corrected chi connectivity index (χ2v) is 5.37. The van der Waals surface area contributed by atoms with E-state index in [0.29, 0.717) is 0 Å². The highest BCUT2D eigenvalue weighted by Crippen LogP contribution is 2.29. The maximum atomic E-state index is 5.73. The van der Waals surface area contributed by atoms with Crippen LogP contribution in [0.4, 0.5) is 0 Å². The number of benzene rings is 2. The summed E-state index contributed by atoms with van der Waals surface area (Å²) in [6.07, 6.45) is 7.85. The summed E-state index contributed by atoms with van der Waals surface area (Å²) in [6.45, 7) is 5.02. The van der Waals surface area contributed by atoms with Crippen LogP contribution in [0.1, 0.15) is 51.5 Å². The van der Waals surface area contributed by atoms with E-state index in [0.717, 1.165) is 12.4 Å². The van der Waals surface area contributed by atoms with Gasteiger partial charge in [0.05, 0.1) is 6.61 Å². The summed E-state index contributed by atoms with van der Waals surface area (Å²) in [4.78, 5) is 0. The molecule has 0 aliphatic heterocycles. The minimum absolute atomic E-state index is 0.723. The molecule has 0 atom stereocenters. The van der Waals surface area contributed by atoms with Crippen LogP contribution in [0.3, 0.4) is 0 Å². The van der Waals surface area contributed by atoms with Crippen LogP contribution in [0.15, 0.2) is 36.4 Å². The zero-order chi connectivity index (χ0) is 14.2. The van der Waals surface area contributed by atoms with Crippen molar-refractivity contribution < 1.29 is 4.74 Å². The molecule has 0 unspecified atom stereocenters. The molecule has 0 saturated carbocycles. The van der Waals surface area contributed by atoms with Gasteiger partial charge in [-0.3, -0.25) is 0 Å². The van der Waals surface area contributed by atoms with Gasteiger partial charge in [-0.1, -0.05) is 62.9 Å². The molecule has 0 N–H and O–H groups in total. The largest absolute Gasteiger partial charge is 0.493 e. The Morgan fingerprint density at radius 3 is 2.30 bits per heavy atom. The van der Waals surface area contributed by atoms with Gasteiger partial charge in [0.1, 0.15) is 5.75 Å². The van der Waals surface area contributed by atoms with E-state index in [1.54, 1.807) is 0 Å². The van der Waals surface area contributed by atoms with Gasteiger partial charge in [-0.25, -0.2) is 0 Å². The molecule has 0 aliphatic rings. The minimum atomic E-state index is 0.723. The number of ether oxygens (including phenoxy) is 1. The number of hydrogen-bond donors (Lipinski definition) is 0. The van der Waals surface area contributed by atoms with E-state index in [4.69, 9.17) is 4.74 Å². The SMILES string of the molecule is CCCCCCCc1ccc(OCC)c2ccccc12. The summed E-state index contributed by atoms with van der Waals surface area (Å²) in [5, 5.41) is 2.61. The smallest absolute Gasteiger partial charge is 0.127 e. The molecule has 0 aromatic heterocycles. The predicted molar refractivity (Wildman–Crippen MR) is 87.6 cm³/mol. The van der Waals surface area contributed by atoms with Crippen molar-refractivity contribution in [2.75, 3.05) is 6.61 Å². The first kappa shape index (κ1) is 14.9.